The Hall–Kier alpha value is -3.39. The molecular weight excluding hydrogens is 367 g/mol. The summed E-state index contributed by atoms with van der Waals surface area (Å²) in [5.41, 5.74) is 2.83. The van der Waals surface area contributed by atoms with E-state index in [0.29, 0.717) is 18.2 Å². The zero-order chi connectivity index (χ0) is 20.2. The van der Waals surface area contributed by atoms with E-state index in [0.717, 1.165) is 16.8 Å². The fraction of sp³-hybridized carbons (Fsp3) is 0.250. The maximum absolute atomic E-state index is 13.7. The van der Waals surface area contributed by atoms with E-state index < -0.39 is 5.82 Å². The molecule has 4 rings (SSSR count). The summed E-state index contributed by atoms with van der Waals surface area (Å²) in [5, 5.41) is 0. The lowest BCUT2D eigenvalue weighted by molar-refractivity contribution is 0.292. The minimum atomic E-state index is -0.428. The van der Waals surface area contributed by atoms with Crippen molar-refractivity contribution >= 4 is 0 Å². The van der Waals surface area contributed by atoms with Crippen LogP contribution < -0.4 is 10.3 Å². The lowest BCUT2D eigenvalue weighted by atomic mass is 10.1. The smallest absolute Gasteiger partial charge is 0.254 e. The Morgan fingerprint density at radius 1 is 1.21 bits per heavy atom. The number of nitrogens with zero attached hydrogens (tertiary/aromatic N) is 2. The first-order chi connectivity index (χ1) is 14.1. The van der Waals surface area contributed by atoms with E-state index in [1.54, 1.807) is 10.6 Å². The van der Waals surface area contributed by atoms with Gasteiger partial charge in [0.15, 0.2) is 0 Å². The molecule has 29 heavy (non-hydrogen) atoms. The van der Waals surface area contributed by atoms with E-state index in [2.05, 4.69) is 16.8 Å². The lowest BCUT2D eigenvalue weighted by Gasteiger charge is -2.13. The van der Waals surface area contributed by atoms with Crippen molar-refractivity contribution in [2.75, 3.05) is 0 Å². The van der Waals surface area contributed by atoms with Gasteiger partial charge in [0.25, 0.3) is 5.56 Å². The van der Waals surface area contributed by atoms with Gasteiger partial charge in [-0.25, -0.2) is 4.39 Å². The zero-order valence-corrected chi connectivity index (χ0v) is 16.2. The number of rotatable bonds is 5. The van der Waals surface area contributed by atoms with Crippen molar-refractivity contribution in [2.24, 2.45) is 5.92 Å². The molecule has 0 unspecified atom stereocenters. The van der Waals surface area contributed by atoms with Crippen molar-refractivity contribution in [3.8, 4) is 17.6 Å². The quantitative estimate of drug-likeness (QED) is 0.619. The van der Waals surface area contributed by atoms with E-state index >= 15 is 0 Å². The second-order valence-corrected chi connectivity index (χ2v) is 7.22. The van der Waals surface area contributed by atoms with Crippen LogP contribution in [0.5, 0.6) is 5.75 Å². The predicted octanol–water partition coefficient (Wildman–Crippen LogP) is 4.08. The van der Waals surface area contributed by atoms with Crippen molar-refractivity contribution in [1.82, 2.24) is 9.55 Å². The Morgan fingerprint density at radius 3 is 2.69 bits per heavy atom. The minimum Gasteiger partial charge on any atom is -0.487 e. The van der Waals surface area contributed by atoms with Crippen LogP contribution in [-0.4, -0.2) is 9.55 Å². The Labute approximate surface area is 169 Å². The standard InChI is InChI=1S/C24H21FN2O2/c1-17-13-21(29-16-23-22(25)3-2-12-26-23)14-24(28)27(17)15-20-10-8-19(9-11-20)7-6-18-4-5-18/h2-3,8-14,18H,4-5,15-16H2,1H3. The summed E-state index contributed by atoms with van der Waals surface area (Å²) in [7, 11) is 0. The molecule has 1 aliphatic rings. The molecule has 5 heteroatoms. The van der Waals surface area contributed by atoms with Gasteiger partial charge < -0.3 is 9.30 Å². The van der Waals surface area contributed by atoms with Crippen molar-refractivity contribution in [3.05, 3.63) is 93.4 Å². The molecule has 0 N–H and O–H groups in total. The van der Waals surface area contributed by atoms with Gasteiger partial charge in [-0.1, -0.05) is 24.0 Å². The highest BCUT2D eigenvalue weighted by Crippen LogP contribution is 2.27. The average molecular weight is 388 g/mol. The number of benzene rings is 1. The third-order valence-electron chi connectivity index (χ3n) is 4.81. The molecule has 0 amide bonds. The second kappa shape index (κ2) is 8.32. The fourth-order valence-corrected chi connectivity index (χ4v) is 2.95. The first kappa shape index (κ1) is 18.9. The molecule has 0 atom stereocenters. The highest BCUT2D eigenvalue weighted by Gasteiger charge is 2.17. The SMILES string of the molecule is Cc1cc(OCc2ncccc2F)cc(=O)n1Cc1ccc(C#CC2CC2)cc1. The van der Waals surface area contributed by atoms with Gasteiger partial charge in [0.2, 0.25) is 0 Å². The van der Waals surface area contributed by atoms with Gasteiger partial charge in [0.05, 0.1) is 6.54 Å². The maximum atomic E-state index is 13.7. The van der Waals surface area contributed by atoms with Gasteiger partial charge in [-0.2, -0.15) is 0 Å². The van der Waals surface area contributed by atoms with E-state index in [1.165, 1.54) is 37.2 Å². The van der Waals surface area contributed by atoms with Gasteiger partial charge in [0, 0.05) is 29.4 Å². The number of hydrogen-bond acceptors (Lipinski definition) is 3. The van der Waals surface area contributed by atoms with Gasteiger partial charge >= 0.3 is 0 Å². The van der Waals surface area contributed by atoms with Gasteiger partial charge in [-0.15, -0.1) is 0 Å². The van der Waals surface area contributed by atoms with Crippen molar-refractivity contribution in [1.29, 1.82) is 0 Å². The van der Waals surface area contributed by atoms with Gasteiger partial charge in [-0.05, 0) is 55.7 Å². The Bertz CT molecular complexity index is 1140. The molecule has 0 radical (unpaired) electrons. The van der Waals surface area contributed by atoms with E-state index in [9.17, 15) is 9.18 Å². The van der Waals surface area contributed by atoms with E-state index in [1.807, 2.05) is 31.2 Å². The number of halogens is 1. The van der Waals surface area contributed by atoms with Crippen LogP contribution in [0.15, 0.2) is 59.5 Å². The summed E-state index contributed by atoms with van der Waals surface area (Å²) in [4.78, 5) is 16.5. The third kappa shape index (κ3) is 4.91. The molecule has 0 saturated heterocycles. The highest BCUT2D eigenvalue weighted by molar-refractivity contribution is 5.37. The third-order valence-corrected chi connectivity index (χ3v) is 4.81. The Kier molecular flexibility index (Phi) is 5.44. The van der Waals surface area contributed by atoms with Crippen LogP contribution in [0.2, 0.25) is 0 Å². The molecule has 2 heterocycles. The summed E-state index contributed by atoms with van der Waals surface area (Å²) in [6, 6.07) is 14.0. The first-order valence-electron chi connectivity index (χ1n) is 9.62. The van der Waals surface area contributed by atoms with Crippen LogP contribution in [0.1, 0.15) is 35.4 Å². The zero-order valence-electron chi connectivity index (χ0n) is 16.2. The van der Waals surface area contributed by atoms with Gasteiger partial charge in [0.1, 0.15) is 23.9 Å². The number of hydrogen-bond donors (Lipinski definition) is 0. The lowest BCUT2D eigenvalue weighted by Crippen LogP contribution is -2.22. The van der Waals surface area contributed by atoms with Crippen LogP contribution >= 0.6 is 0 Å². The molecule has 2 aromatic heterocycles. The second-order valence-electron chi connectivity index (χ2n) is 7.22. The molecule has 1 saturated carbocycles. The van der Waals surface area contributed by atoms with Crippen LogP contribution in [0.3, 0.4) is 0 Å². The number of ether oxygens (including phenoxy) is 1. The van der Waals surface area contributed by atoms with Crippen LogP contribution in [-0.2, 0) is 13.2 Å². The molecule has 0 bridgehead atoms. The molecule has 1 aliphatic carbocycles. The normalized spacial score (nSPS) is 12.9. The number of aryl methyl sites for hydroxylation is 1. The number of pyridine rings is 2. The van der Waals surface area contributed by atoms with Crippen molar-refractivity contribution < 1.29 is 9.13 Å². The molecule has 0 aliphatic heterocycles. The maximum Gasteiger partial charge on any atom is 0.254 e. The Morgan fingerprint density at radius 2 is 2.00 bits per heavy atom. The molecule has 1 fully saturated rings. The number of aromatic nitrogens is 2. The molecule has 0 spiro atoms. The van der Waals surface area contributed by atoms with Crippen molar-refractivity contribution in [3.63, 3.8) is 0 Å². The molecule has 1 aromatic carbocycles. The van der Waals surface area contributed by atoms with Crippen LogP contribution in [0, 0.1) is 30.5 Å². The highest BCUT2D eigenvalue weighted by atomic mass is 19.1. The van der Waals surface area contributed by atoms with Gasteiger partial charge in [-0.3, -0.25) is 9.78 Å². The topological polar surface area (TPSA) is 44.1 Å². The predicted molar refractivity (Wildman–Crippen MR) is 109 cm³/mol. The van der Waals surface area contributed by atoms with Crippen molar-refractivity contribution in [2.45, 2.75) is 32.9 Å². The summed E-state index contributed by atoms with van der Waals surface area (Å²) >= 11 is 0. The molecular formula is C24H21FN2O2. The molecule has 3 aromatic rings. The largest absolute Gasteiger partial charge is 0.487 e. The summed E-state index contributed by atoms with van der Waals surface area (Å²) < 4.78 is 20.9. The van der Waals surface area contributed by atoms with E-state index in [4.69, 9.17) is 4.74 Å². The van der Waals surface area contributed by atoms with Crippen LogP contribution in [0.4, 0.5) is 4.39 Å². The van der Waals surface area contributed by atoms with E-state index in [-0.39, 0.29) is 17.9 Å². The molecule has 146 valence electrons. The monoisotopic (exact) mass is 388 g/mol. The summed E-state index contributed by atoms with van der Waals surface area (Å²) in [6.07, 6.45) is 3.93. The minimum absolute atomic E-state index is 0.0288. The Balaban J connectivity index is 1.45. The first-order valence-corrected chi connectivity index (χ1v) is 9.62. The van der Waals surface area contributed by atoms with Crippen LogP contribution in [0.25, 0.3) is 0 Å². The summed E-state index contributed by atoms with van der Waals surface area (Å²) in [6.45, 7) is 2.29. The fourth-order valence-electron chi connectivity index (χ4n) is 2.95. The average Bonchev–Trinajstić information content (AvgIpc) is 3.54. The summed E-state index contributed by atoms with van der Waals surface area (Å²) in [5.74, 6) is 6.99. The molecule has 4 nitrogen and oxygen atoms in total.